The number of fused-ring (bicyclic) bond motifs is 2. The molecule has 0 spiro atoms. The molecule has 32 heavy (non-hydrogen) atoms. The van der Waals surface area contributed by atoms with Crippen molar-refractivity contribution in [3.8, 4) is 0 Å². The van der Waals surface area contributed by atoms with Gasteiger partial charge in [0.2, 0.25) is 5.13 Å². The third-order valence-corrected chi connectivity index (χ3v) is 7.29. The van der Waals surface area contributed by atoms with E-state index >= 15 is 0 Å². The Balaban J connectivity index is 1.61. The fourth-order valence-electron chi connectivity index (χ4n) is 3.09. The maximum absolute atomic E-state index is 13.7. The lowest BCUT2D eigenvalue weighted by Gasteiger charge is -2.13. The van der Waals surface area contributed by atoms with Gasteiger partial charge < -0.3 is 0 Å². The van der Waals surface area contributed by atoms with Crippen molar-refractivity contribution in [2.75, 3.05) is 5.01 Å². The number of benzene rings is 3. The van der Waals surface area contributed by atoms with Gasteiger partial charge in [-0.15, -0.1) is 11.3 Å². The highest BCUT2D eigenvalue weighted by molar-refractivity contribution is 7.23. The minimum absolute atomic E-state index is 0.266. The number of hydrogen-bond acceptors (Lipinski definition) is 5. The zero-order valence-electron chi connectivity index (χ0n) is 16.1. The van der Waals surface area contributed by atoms with Crippen molar-refractivity contribution in [1.29, 1.82) is 0 Å². The van der Waals surface area contributed by atoms with Crippen molar-refractivity contribution in [2.45, 2.75) is 0 Å². The molecule has 5 rings (SSSR count). The average molecular weight is 484 g/mol. The van der Waals surface area contributed by atoms with Gasteiger partial charge in [-0.25, -0.2) is 13.8 Å². The smallest absolute Gasteiger partial charge is 0.266 e. The van der Waals surface area contributed by atoms with Crippen LogP contribution in [-0.2, 0) is 0 Å². The lowest BCUT2D eigenvalue weighted by Crippen LogP contribution is -2.25. The quantitative estimate of drug-likeness (QED) is 0.202. The lowest BCUT2D eigenvalue weighted by molar-refractivity contribution is 0.0992. The second-order valence-corrected chi connectivity index (χ2v) is 9.20. The molecule has 2 aromatic heterocycles. The van der Waals surface area contributed by atoms with E-state index in [1.165, 1.54) is 41.8 Å². The highest BCUT2D eigenvalue weighted by atomic mass is 35.5. The summed E-state index contributed by atoms with van der Waals surface area (Å²) in [6.45, 7) is 0. The van der Waals surface area contributed by atoms with Crippen LogP contribution in [0.15, 0.2) is 71.8 Å². The van der Waals surface area contributed by atoms with Gasteiger partial charge in [0.25, 0.3) is 5.91 Å². The van der Waals surface area contributed by atoms with Gasteiger partial charge >= 0.3 is 0 Å². The van der Waals surface area contributed by atoms with Crippen LogP contribution in [-0.4, -0.2) is 17.1 Å². The molecule has 5 aromatic rings. The van der Waals surface area contributed by atoms with Crippen LogP contribution in [0.3, 0.4) is 0 Å². The maximum Gasteiger partial charge on any atom is 0.292 e. The Labute approximate surface area is 194 Å². The Morgan fingerprint density at radius 1 is 0.969 bits per heavy atom. The van der Waals surface area contributed by atoms with Gasteiger partial charge in [-0.1, -0.05) is 53.3 Å². The molecule has 0 saturated carbocycles. The highest BCUT2D eigenvalue weighted by Crippen LogP contribution is 2.38. The molecule has 0 N–H and O–H groups in total. The minimum atomic E-state index is -0.464. The summed E-state index contributed by atoms with van der Waals surface area (Å²) in [6, 6.07) is 17.3. The van der Waals surface area contributed by atoms with E-state index in [2.05, 4.69) is 10.1 Å². The number of halogens is 3. The number of thiazole rings is 1. The predicted molar refractivity (Wildman–Crippen MR) is 127 cm³/mol. The number of carbonyl (C=O) groups excluding carboxylic acids is 1. The SMILES string of the molecule is O=C(c1sc2ccccc2c1Cl)N(/N=C/c1ccc(F)cc1)c1nc2ccc(F)cc2s1. The Kier molecular flexibility index (Phi) is 5.42. The zero-order valence-corrected chi connectivity index (χ0v) is 18.5. The highest BCUT2D eigenvalue weighted by Gasteiger charge is 2.26. The molecule has 0 saturated heterocycles. The Hall–Kier alpha value is -3.20. The van der Waals surface area contributed by atoms with Gasteiger partial charge in [0, 0.05) is 10.1 Å². The summed E-state index contributed by atoms with van der Waals surface area (Å²) in [7, 11) is 0. The van der Waals surface area contributed by atoms with E-state index in [-0.39, 0.29) is 10.9 Å². The summed E-state index contributed by atoms with van der Waals surface area (Å²) in [5.74, 6) is -1.23. The van der Waals surface area contributed by atoms with Crippen molar-refractivity contribution in [1.82, 2.24) is 4.98 Å². The van der Waals surface area contributed by atoms with Crippen molar-refractivity contribution >= 4 is 71.8 Å². The average Bonchev–Trinajstić information content (AvgIpc) is 3.36. The molecule has 0 unspecified atom stereocenters. The lowest BCUT2D eigenvalue weighted by atomic mass is 10.2. The summed E-state index contributed by atoms with van der Waals surface area (Å²) in [4.78, 5) is 18.3. The van der Waals surface area contributed by atoms with Crippen LogP contribution in [0.1, 0.15) is 15.2 Å². The molecule has 158 valence electrons. The first-order chi connectivity index (χ1) is 15.5. The summed E-state index contributed by atoms with van der Waals surface area (Å²) in [5, 5.41) is 6.86. The second-order valence-electron chi connectivity index (χ2n) is 6.76. The van der Waals surface area contributed by atoms with Crippen LogP contribution in [0, 0.1) is 11.6 Å². The maximum atomic E-state index is 13.7. The summed E-state index contributed by atoms with van der Waals surface area (Å²) in [6.07, 6.45) is 1.44. The molecule has 2 heterocycles. The standard InChI is InChI=1S/C23H12ClF2N3OS2/c24-20-16-3-1-2-4-18(16)31-21(20)22(30)29(27-12-13-5-7-14(25)8-6-13)23-28-17-10-9-15(26)11-19(17)32-23/h1-12H/b27-12+. The fourth-order valence-corrected chi connectivity index (χ4v) is 5.47. The Morgan fingerprint density at radius 3 is 2.50 bits per heavy atom. The number of nitrogens with zero attached hydrogens (tertiary/aromatic N) is 3. The van der Waals surface area contributed by atoms with Crippen molar-refractivity contribution < 1.29 is 13.6 Å². The van der Waals surface area contributed by atoms with Gasteiger partial charge in [-0.2, -0.15) is 10.1 Å². The van der Waals surface area contributed by atoms with Gasteiger partial charge in [0.05, 0.1) is 21.5 Å². The van der Waals surface area contributed by atoms with Gasteiger partial charge in [0.15, 0.2) is 0 Å². The number of rotatable bonds is 4. The molecule has 0 aliphatic rings. The van der Waals surface area contributed by atoms with Gasteiger partial charge in [-0.3, -0.25) is 4.79 Å². The van der Waals surface area contributed by atoms with E-state index in [0.717, 1.165) is 26.4 Å². The number of aromatic nitrogens is 1. The molecule has 3 aromatic carbocycles. The molecule has 0 aliphatic heterocycles. The number of hydrogen-bond donors (Lipinski definition) is 0. The molecule has 1 amide bonds. The van der Waals surface area contributed by atoms with Crippen LogP contribution in [0.4, 0.5) is 13.9 Å². The summed E-state index contributed by atoms with van der Waals surface area (Å²) in [5.41, 5.74) is 1.14. The van der Waals surface area contributed by atoms with Gasteiger partial charge in [0.1, 0.15) is 16.5 Å². The molecule has 0 fully saturated rings. The van der Waals surface area contributed by atoms with E-state index in [1.807, 2.05) is 24.3 Å². The molecule has 0 bridgehead atoms. The first kappa shape index (κ1) is 20.7. The largest absolute Gasteiger partial charge is 0.292 e. The molecule has 9 heteroatoms. The van der Waals surface area contributed by atoms with E-state index < -0.39 is 11.7 Å². The number of hydrazone groups is 1. The third-order valence-electron chi connectivity index (χ3n) is 4.63. The minimum Gasteiger partial charge on any atom is -0.266 e. The van der Waals surface area contributed by atoms with Crippen LogP contribution < -0.4 is 5.01 Å². The van der Waals surface area contributed by atoms with Crippen LogP contribution >= 0.6 is 34.3 Å². The first-order valence-electron chi connectivity index (χ1n) is 9.37. The first-order valence-corrected chi connectivity index (χ1v) is 11.4. The van der Waals surface area contributed by atoms with E-state index in [0.29, 0.717) is 25.7 Å². The normalized spacial score (nSPS) is 11.6. The molecule has 4 nitrogen and oxygen atoms in total. The van der Waals surface area contributed by atoms with E-state index in [9.17, 15) is 13.6 Å². The molecular formula is C23H12ClF2N3OS2. The fraction of sp³-hybridized carbons (Fsp3) is 0. The molecule has 0 aliphatic carbocycles. The monoisotopic (exact) mass is 483 g/mol. The van der Waals surface area contributed by atoms with E-state index in [1.54, 1.807) is 18.2 Å². The van der Waals surface area contributed by atoms with Crippen LogP contribution in [0.2, 0.25) is 5.02 Å². The molecule has 0 atom stereocenters. The number of amides is 1. The van der Waals surface area contributed by atoms with Crippen molar-refractivity contribution in [2.24, 2.45) is 5.10 Å². The van der Waals surface area contributed by atoms with E-state index in [4.69, 9.17) is 11.6 Å². The van der Waals surface area contributed by atoms with Crippen LogP contribution in [0.5, 0.6) is 0 Å². The topological polar surface area (TPSA) is 45.6 Å². The molecular weight excluding hydrogens is 472 g/mol. The number of thiophene rings is 1. The zero-order chi connectivity index (χ0) is 22.2. The summed E-state index contributed by atoms with van der Waals surface area (Å²) >= 11 is 8.91. The predicted octanol–water partition coefficient (Wildman–Crippen LogP) is 7.12. The second kappa shape index (κ2) is 8.38. The Bertz CT molecular complexity index is 1490. The van der Waals surface area contributed by atoms with Gasteiger partial charge in [-0.05, 0) is 42.0 Å². The summed E-state index contributed by atoms with van der Waals surface area (Å²) < 4.78 is 28.4. The van der Waals surface area contributed by atoms with Crippen LogP contribution in [0.25, 0.3) is 20.3 Å². The number of anilines is 1. The molecule has 0 radical (unpaired) electrons. The van der Waals surface area contributed by atoms with Crippen molar-refractivity contribution in [3.63, 3.8) is 0 Å². The van der Waals surface area contributed by atoms with Crippen molar-refractivity contribution in [3.05, 3.63) is 93.8 Å². The Morgan fingerprint density at radius 2 is 1.72 bits per heavy atom. The third kappa shape index (κ3) is 3.88. The number of carbonyl (C=O) groups is 1.